The minimum absolute atomic E-state index is 0.289. The van der Waals surface area contributed by atoms with Crippen molar-refractivity contribution in [2.24, 2.45) is 0 Å². The van der Waals surface area contributed by atoms with Gasteiger partial charge < -0.3 is 5.32 Å². The Balaban J connectivity index is 1.69. The summed E-state index contributed by atoms with van der Waals surface area (Å²) in [7, 11) is 0. The Bertz CT molecular complexity index is 716. The van der Waals surface area contributed by atoms with E-state index < -0.39 is 0 Å². The summed E-state index contributed by atoms with van der Waals surface area (Å²) in [6, 6.07) is 28.3. The Morgan fingerprint density at radius 2 is 1.14 bits per heavy atom. The molecule has 0 aromatic heterocycles. The van der Waals surface area contributed by atoms with E-state index in [0.29, 0.717) is 0 Å². The highest BCUT2D eigenvalue weighted by atomic mass is 14.9. The van der Waals surface area contributed by atoms with Gasteiger partial charge in [-0.25, -0.2) is 0 Å². The monoisotopic (exact) mass is 271 g/mol. The van der Waals surface area contributed by atoms with Gasteiger partial charge in [0.1, 0.15) is 0 Å². The van der Waals surface area contributed by atoms with E-state index in [9.17, 15) is 0 Å². The van der Waals surface area contributed by atoms with Gasteiger partial charge in [-0.05, 0) is 27.8 Å². The van der Waals surface area contributed by atoms with Crippen LogP contribution < -0.4 is 5.32 Å². The molecule has 0 aliphatic heterocycles. The van der Waals surface area contributed by atoms with Crippen LogP contribution in [0.1, 0.15) is 22.7 Å². The van der Waals surface area contributed by atoms with Crippen LogP contribution in [0.4, 0.5) is 0 Å². The maximum atomic E-state index is 3.71. The number of benzene rings is 3. The highest BCUT2D eigenvalue weighted by Gasteiger charge is 2.27. The van der Waals surface area contributed by atoms with E-state index in [1.807, 2.05) is 0 Å². The molecule has 4 rings (SSSR count). The summed E-state index contributed by atoms with van der Waals surface area (Å²) in [5.41, 5.74) is 6.81. The molecule has 0 unspecified atom stereocenters. The van der Waals surface area contributed by atoms with Crippen LogP contribution in [-0.4, -0.2) is 0 Å². The number of nitrogens with one attached hydrogen (secondary N) is 1. The summed E-state index contributed by atoms with van der Waals surface area (Å²) in [6.45, 7) is 0.883. The normalized spacial score (nSPS) is 13.0. The van der Waals surface area contributed by atoms with Crippen LogP contribution in [0.2, 0.25) is 0 Å². The van der Waals surface area contributed by atoms with Gasteiger partial charge >= 0.3 is 0 Å². The van der Waals surface area contributed by atoms with E-state index in [0.717, 1.165) is 6.54 Å². The zero-order valence-electron chi connectivity index (χ0n) is 11.8. The molecule has 21 heavy (non-hydrogen) atoms. The van der Waals surface area contributed by atoms with Crippen LogP contribution in [-0.2, 0) is 6.54 Å². The molecule has 1 N–H and O–H groups in total. The topological polar surface area (TPSA) is 12.0 Å². The van der Waals surface area contributed by atoms with Gasteiger partial charge in [-0.2, -0.15) is 0 Å². The maximum absolute atomic E-state index is 3.71. The Hall–Kier alpha value is -2.38. The van der Waals surface area contributed by atoms with Crippen molar-refractivity contribution in [1.82, 2.24) is 5.32 Å². The third-order valence-electron chi connectivity index (χ3n) is 4.19. The molecule has 1 aliphatic carbocycles. The van der Waals surface area contributed by atoms with Gasteiger partial charge in [0, 0.05) is 6.54 Å². The van der Waals surface area contributed by atoms with Crippen molar-refractivity contribution >= 4 is 0 Å². The second-order valence-electron chi connectivity index (χ2n) is 5.47. The predicted molar refractivity (Wildman–Crippen MR) is 87.0 cm³/mol. The van der Waals surface area contributed by atoms with Crippen molar-refractivity contribution in [2.45, 2.75) is 12.6 Å². The molecule has 0 saturated heterocycles. The maximum Gasteiger partial charge on any atom is 0.0591 e. The summed E-state index contributed by atoms with van der Waals surface area (Å²) in [4.78, 5) is 0. The quantitative estimate of drug-likeness (QED) is 0.737. The summed E-state index contributed by atoms with van der Waals surface area (Å²) >= 11 is 0. The first-order valence-electron chi connectivity index (χ1n) is 7.39. The molecule has 0 fully saturated rings. The first kappa shape index (κ1) is 12.4. The van der Waals surface area contributed by atoms with E-state index in [1.165, 1.54) is 27.8 Å². The Labute approximate surface area is 125 Å². The van der Waals surface area contributed by atoms with Gasteiger partial charge in [0.2, 0.25) is 0 Å². The second kappa shape index (κ2) is 5.19. The Morgan fingerprint density at radius 1 is 0.619 bits per heavy atom. The van der Waals surface area contributed by atoms with Crippen LogP contribution in [0.3, 0.4) is 0 Å². The fourth-order valence-electron chi connectivity index (χ4n) is 3.19. The molecule has 0 spiro atoms. The van der Waals surface area contributed by atoms with Gasteiger partial charge in [0.25, 0.3) is 0 Å². The minimum atomic E-state index is 0.289. The van der Waals surface area contributed by atoms with Crippen LogP contribution in [0.5, 0.6) is 0 Å². The lowest BCUT2D eigenvalue weighted by atomic mass is 10.1. The van der Waals surface area contributed by atoms with Crippen molar-refractivity contribution in [3.8, 4) is 11.1 Å². The zero-order valence-corrected chi connectivity index (χ0v) is 11.8. The Morgan fingerprint density at radius 3 is 1.76 bits per heavy atom. The van der Waals surface area contributed by atoms with E-state index in [4.69, 9.17) is 0 Å². The first-order chi connectivity index (χ1) is 10.4. The fraction of sp³-hybridized carbons (Fsp3) is 0.100. The fourth-order valence-corrected chi connectivity index (χ4v) is 3.19. The van der Waals surface area contributed by atoms with E-state index >= 15 is 0 Å². The summed E-state index contributed by atoms with van der Waals surface area (Å²) < 4.78 is 0. The molecular weight excluding hydrogens is 254 g/mol. The molecule has 0 amide bonds. The smallest absolute Gasteiger partial charge is 0.0591 e. The lowest BCUT2D eigenvalue weighted by Crippen LogP contribution is -2.20. The lowest BCUT2D eigenvalue weighted by Gasteiger charge is -2.16. The third-order valence-corrected chi connectivity index (χ3v) is 4.19. The van der Waals surface area contributed by atoms with Crippen molar-refractivity contribution in [3.05, 3.63) is 95.6 Å². The van der Waals surface area contributed by atoms with E-state index in [-0.39, 0.29) is 6.04 Å². The first-order valence-corrected chi connectivity index (χ1v) is 7.39. The van der Waals surface area contributed by atoms with Crippen LogP contribution in [0.25, 0.3) is 11.1 Å². The van der Waals surface area contributed by atoms with Gasteiger partial charge in [-0.1, -0.05) is 78.9 Å². The van der Waals surface area contributed by atoms with Gasteiger partial charge in [-0.15, -0.1) is 0 Å². The highest BCUT2D eigenvalue weighted by Crippen LogP contribution is 2.43. The average molecular weight is 271 g/mol. The Kier molecular flexibility index (Phi) is 3.06. The second-order valence-corrected chi connectivity index (χ2v) is 5.47. The van der Waals surface area contributed by atoms with Crippen LogP contribution in [0, 0.1) is 0 Å². The summed E-state index contributed by atoms with van der Waals surface area (Å²) in [6.07, 6.45) is 0. The molecule has 1 nitrogen and oxygen atoms in total. The predicted octanol–water partition coefficient (Wildman–Crippen LogP) is 4.55. The van der Waals surface area contributed by atoms with Gasteiger partial charge in [-0.3, -0.25) is 0 Å². The minimum Gasteiger partial charge on any atom is -0.302 e. The largest absolute Gasteiger partial charge is 0.302 e. The van der Waals surface area contributed by atoms with Gasteiger partial charge in [0.15, 0.2) is 0 Å². The lowest BCUT2D eigenvalue weighted by molar-refractivity contribution is 0.616. The molecular formula is C20H17N. The molecule has 0 bridgehead atoms. The zero-order chi connectivity index (χ0) is 14.1. The van der Waals surface area contributed by atoms with E-state index in [2.05, 4.69) is 84.2 Å². The third kappa shape index (κ3) is 2.16. The number of hydrogen-bond donors (Lipinski definition) is 1. The molecule has 102 valence electrons. The van der Waals surface area contributed by atoms with Crippen molar-refractivity contribution in [2.75, 3.05) is 0 Å². The molecule has 0 atom stereocenters. The van der Waals surface area contributed by atoms with Crippen molar-refractivity contribution in [1.29, 1.82) is 0 Å². The SMILES string of the molecule is c1ccc(CNC2c3ccccc3-c3ccccc32)cc1. The molecule has 0 saturated carbocycles. The van der Waals surface area contributed by atoms with E-state index in [1.54, 1.807) is 0 Å². The molecule has 1 heteroatoms. The van der Waals surface area contributed by atoms with Crippen LogP contribution in [0.15, 0.2) is 78.9 Å². The average Bonchev–Trinajstić information content (AvgIpc) is 2.88. The van der Waals surface area contributed by atoms with Gasteiger partial charge in [0.05, 0.1) is 6.04 Å². The molecule has 0 radical (unpaired) electrons. The summed E-state index contributed by atoms with van der Waals surface area (Å²) in [5, 5.41) is 3.71. The van der Waals surface area contributed by atoms with Crippen molar-refractivity contribution < 1.29 is 0 Å². The van der Waals surface area contributed by atoms with Crippen molar-refractivity contribution in [3.63, 3.8) is 0 Å². The number of rotatable bonds is 3. The molecule has 3 aromatic rings. The molecule has 0 heterocycles. The summed E-state index contributed by atoms with van der Waals surface area (Å²) in [5.74, 6) is 0. The molecule has 1 aliphatic rings. The number of hydrogen-bond acceptors (Lipinski definition) is 1. The standard InChI is InChI=1S/C20H17N/c1-2-8-15(9-3-1)14-21-20-18-12-6-4-10-16(18)17-11-5-7-13-19(17)20/h1-13,20-21H,14H2. The highest BCUT2D eigenvalue weighted by molar-refractivity contribution is 5.78. The van der Waals surface area contributed by atoms with Crippen LogP contribution >= 0.6 is 0 Å². The molecule has 3 aromatic carbocycles. The number of fused-ring (bicyclic) bond motifs is 3.